The number of amides is 1. The van der Waals surface area contributed by atoms with Crippen LogP contribution in [0.4, 0.5) is 5.69 Å². The fraction of sp³-hybridized carbons (Fsp3) is 0.176. The first-order valence-electron chi connectivity index (χ1n) is 7.03. The average Bonchev–Trinajstić information content (AvgIpc) is 2.52. The molecule has 0 saturated heterocycles. The van der Waals surface area contributed by atoms with Crippen LogP contribution in [0.3, 0.4) is 0 Å². The van der Waals surface area contributed by atoms with E-state index in [4.69, 9.17) is 10.5 Å². The van der Waals surface area contributed by atoms with Crippen molar-refractivity contribution in [1.82, 2.24) is 5.43 Å². The number of carbonyl (C=O) groups excluding carboxylic acids is 1. The third-order valence-corrected chi connectivity index (χ3v) is 3.67. The SMILES string of the molecule is CC(=NNC(=O)COc1ccc(Br)cc1C)c1ccc(N)cc1. The van der Waals surface area contributed by atoms with E-state index in [1.165, 1.54) is 0 Å². The van der Waals surface area contributed by atoms with E-state index in [1.54, 1.807) is 12.1 Å². The minimum Gasteiger partial charge on any atom is -0.483 e. The zero-order valence-electron chi connectivity index (χ0n) is 13.0. The Morgan fingerprint density at radius 1 is 1.26 bits per heavy atom. The minimum atomic E-state index is -0.317. The second kappa shape index (κ2) is 7.78. The molecule has 120 valence electrons. The monoisotopic (exact) mass is 375 g/mol. The van der Waals surface area contributed by atoms with Crippen molar-refractivity contribution in [2.24, 2.45) is 5.10 Å². The highest BCUT2D eigenvalue weighted by Crippen LogP contribution is 2.21. The maximum Gasteiger partial charge on any atom is 0.277 e. The highest BCUT2D eigenvalue weighted by Gasteiger charge is 2.05. The number of hydrogen-bond donors (Lipinski definition) is 2. The fourth-order valence-corrected chi connectivity index (χ4v) is 2.36. The van der Waals surface area contributed by atoms with Crippen molar-refractivity contribution in [3.8, 4) is 5.75 Å². The minimum absolute atomic E-state index is 0.0962. The first kappa shape index (κ1) is 17.0. The Bertz CT molecular complexity index is 727. The lowest BCUT2D eigenvalue weighted by Gasteiger charge is -2.08. The van der Waals surface area contributed by atoms with Crippen LogP contribution in [0.2, 0.25) is 0 Å². The van der Waals surface area contributed by atoms with Gasteiger partial charge in [0.05, 0.1) is 5.71 Å². The summed E-state index contributed by atoms with van der Waals surface area (Å²) in [6.45, 7) is 3.63. The molecule has 2 aromatic rings. The van der Waals surface area contributed by atoms with Gasteiger partial charge in [0.2, 0.25) is 0 Å². The summed E-state index contributed by atoms with van der Waals surface area (Å²) >= 11 is 3.38. The van der Waals surface area contributed by atoms with Crippen LogP contribution in [0.1, 0.15) is 18.1 Å². The molecular weight excluding hydrogens is 358 g/mol. The Morgan fingerprint density at radius 3 is 2.61 bits per heavy atom. The number of hydrogen-bond acceptors (Lipinski definition) is 4. The van der Waals surface area contributed by atoms with Gasteiger partial charge in [-0.2, -0.15) is 5.10 Å². The van der Waals surface area contributed by atoms with Crippen LogP contribution in [0.25, 0.3) is 0 Å². The van der Waals surface area contributed by atoms with Gasteiger partial charge in [-0.3, -0.25) is 4.79 Å². The van der Waals surface area contributed by atoms with Crippen LogP contribution in [-0.2, 0) is 4.79 Å². The number of hydrazone groups is 1. The molecule has 1 amide bonds. The number of aryl methyl sites for hydroxylation is 1. The molecule has 0 aromatic heterocycles. The Labute approximate surface area is 143 Å². The molecular formula is C17H18BrN3O2. The van der Waals surface area contributed by atoms with Gasteiger partial charge in [0.25, 0.3) is 5.91 Å². The Kier molecular flexibility index (Phi) is 5.76. The lowest BCUT2D eigenvalue weighted by Crippen LogP contribution is -2.25. The quantitative estimate of drug-likeness (QED) is 0.478. The average molecular weight is 376 g/mol. The smallest absolute Gasteiger partial charge is 0.277 e. The van der Waals surface area contributed by atoms with Gasteiger partial charge >= 0.3 is 0 Å². The summed E-state index contributed by atoms with van der Waals surface area (Å²) in [5, 5.41) is 4.06. The first-order chi connectivity index (χ1) is 11.0. The number of nitrogens with two attached hydrogens (primary N) is 1. The molecule has 5 nitrogen and oxygen atoms in total. The number of benzene rings is 2. The van der Waals surface area contributed by atoms with Gasteiger partial charge in [0.15, 0.2) is 6.61 Å². The second-order valence-electron chi connectivity index (χ2n) is 5.05. The topological polar surface area (TPSA) is 76.7 Å². The van der Waals surface area contributed by atoms with Crippen LogP contribution in [-0.4, -0.2) is 18.2 Å². The Balaban J connectivity index is 1.89. The van der Waals surface area contributed by atoms with Crippen LogP contribution in [0.15, 0.2) is 52.0 Å². The number of anilines is 1. The molecule has 0 heterocycles. The van der Waals surface area contributed by atoms with Crippen LogP contribution in [0.5, 0.6) is 5.75 Å². The summed E-state index contributed by atoms with van der Waals surface area (Å²) in [5.41, 5.74) is 11.3. The number of nitrogens with one attached hydrogen (secondary N) is 1. The zero-order chi connectivity index (χ0) is 16.8. The number of nitrogen functional groups attached to an aromatic ring is 1. The molecule has 0 atom stereocenters. The normalized spacial score (nSPS) is 11.2. The third-order valence-electron chi connectivity index (χ3n) is 3.17. The van der Waals surface area contributed by atoms with Crippen molar-refractivity contribution >= 4 is 33.2 Å². The van der Waals surface area contributed by atoms with E-state index in [1.807, 2.05) is 44.2 Å². The van der Waals surface area contributed by atoms with E-state index in [-0.39, 0.29) is 12.5 Å². The zero-order valence-corrected chi connectivity index (χ0v) is 14.6. The van der Waals surface area contributed by atoms with Crippen LogP contribution in [0, 0.1) is 6.92 Å². The van der Waals surface area contributed by atoms with E-state index in [2.05, 4.69) is 26.5 Å². The molecule has 2 rings (SSSR count). The largest absolute Gasteiger partial charge is 0.483 e. The van der Waals surface area contributed by atoms with Crippen LogP contribution >= 0.6 is 15.9 Å². The van der Waals surface area contributed by atoms with E-state index in [0.717, 1.165) is 15.6 Å². The van der Waals surface area contributed by atoms with Gasteiger partial charge in [0, 0.05) is 10.2 Å². The number of ether oxygens (including phenoxy) is 1. The van der Waals surface area contributed by atoms with Gasteiger partial charge in [-0.25, -0.2) is 5.43 Å². The first-order valence-corrected chi connectivity index (χ1v) is 7.83. The summed E-state index contributed by atoms with van der Waals surface area (Å²) in [4.78, 5) is 11.8. The molecule has 0 aliphatic heterocycles. The molecule has 0 aliphatic rings. The third kappa shape index (κ3) is 5.10. The van der Waals surface area contributed by atoms with Crippen LogP contribution < -0.4 is 15.9 Å². The molecule has 0 aliphatic carbocycles. The van der Waals surface area contributed by atoms with E-state index >= 15 is 0 Å². The van der Waals surface area contributed by atoms with E-state index in [0.29, 0.717) is 17.1 Å². The molecule has 0 spiro atoms. The molecule has 6 heteroatoms. The summed E-state index contributed by atoms with van der Waals surface area (Å²) in [5.74, 6) is 0.352. The van der Waals surface area contributed by atoms with Gasteiger partial charge in [0.1, 0.15) is 5.75 Å². The summed E-state index contributed by atoms with van der Waals surface area (Å²) in [6.07, 6.45) is 0. The Morgan fingerprint density at radius 2 is 1.96 bits per heavy atom. The molecule has 0 fully saturated rings. The maximum atomic E-state index is 11.8. The van der Waals surface area contributed by atoms with Crippen molar-refractivity contribution < 1.29 is 9.53 Å². The van der Waals surface area contributed by atoms with E-state index < -0.39 is 0 Å². The van der Waals surface area contributed by atoms with Crippen molar-refractivity contribution in [3.63, 3.8) is 0 Å². The predicted octanol–water partition coefficient (Wildman–Crippen LogP) is 3.26. The molecule has 0 saturated carbocycles. The maximum absolute atomic E-state index is 11.8. The molecule has 23 heavy (non-hydrogen) atoms. The molecule has 0 bridgehead atoms. The lowest BCUT2D eigenvalue weighted by molar-refractivity contribution is -0.123. The fourth-order valence-electron chi connectivity index (χ4n) is 1.89. The number of nitrogens with zero attached hydrogens (tertiary/aromatic N) is 1. The van der Waals surface area contributed by atoms with Gasteiger partial charge in [-0.1, -0.05) is 28.1 Å². The highest BCUT2D eigenvalue weighted by molar-refractivity contribution is 9.10. The van der Waals surface area contributed by atoms with Crippen molar-refractivity contribution in [2.75, 3.05) is 12.3 Å². The molecule has 3 N–H and O–H groups in total. The molecule has 2 aromatic carbocycles. The second-order valence-corrected chi connectivity index (χ2v) is 5.97. The van der Waals surface area contributed by atoms with Gasteiger partial charge < -0.3 is 10.5 Å². The summed E-state index contributed by atoms with van der Waals surface area (Å²) in [6, 6.07) is 12.9. The van der Waals surface area contributed by atoms with Crippen molar-refractivity contribution in [2.45, 2.75) is 13.8 Å². The highest BCUT2D eigenvalue weighted by atomic mass is 79.9. The van der Waals surface area contributed by atoms with Gasteiger partial charge in [-0.05, 0) is 55.3 Å². The van der Waals surface area contributed by atoms with Crippen molar-refractivity contribution in [1.29, 1.82) is 0 Å². The standard InChI is InChI=1S/C17H18BrN3O2/c1-11-9-14(18)5-8-16(11)23-10-17(22)21-20-12(2)13-3-6-15(19)7-4-13/h3-9H,10,19H2,1-2H3,(H,21,22). The van der Waals surface area contributed by atoms with Crippen molar-refractivity contribution in [3.05, 3.63) is 58.1 Å². The summed E-state index contributed by atoms with van der Waals surface area (Å²) < 4.78 is 6.46. The predicted molar refractivity (Wildman–Crippen MR) is 95.6 cm³/mol. The number of rotatable bonds is 5. The van der Waals surface area contributed by atoms with Gasteiger partial charge in [-0.15, -0.1) is 0 Å². The van der Waals surface area contributed by atoms with E-state index in [9.17, 15) is 4.79 Å². The number of carbonyl (C=O) groups is 1. The molecule has 0 unspecified atom stereocenters. The number of halogens is 1. The molecule has 0 radical (unpaired) electrons. The Hall–Kier alpha value is -2.34. The summed E-state index contributed by atoms with van der Waals surface area (Å²) in [7, 11) is 0. The lowest BCUT2D eigenvalue weighted by atomic mass is 10.1.